The summed E-state index contributed by atoms with van der Waals surface area (Å²) in [6.07, 6.45) is 0. The van der Waals surface area contributed by atoms with E-state index in [-0.39, 0.29) is 18.4 Å². The highest BCUT2D eigenvalue weighted by atomic mass is 35.5. The lowest BCUT2D eigenvalue weighted by Gasteiger charge is -2.37. The number of nitrogens with one attached hydrogen (secondary N) is 2. The Morgan fingerprint density at radius 3 is 2.19 bits per heavy atom. The molecular formula is C17H22Cl2N4O3. The third-order valence-electron chi connectivity index (χ3n) is 4.08. The fourth-order valence-electron chi connectivity index (χ4n) is 2.76. The van der Waals surface area contributed by atoms with E-state index in [4.69, 9.17) is 23.2 Å². The predicted octanol–water partition coefficient (Wildman–Crippen LogP) is 2.12. The maximum absolute atomic E-state index is 12.5. The average molecular weight is 401 g/mol. The number of amides is 4. The molecule has 0 saturated carbocycles. The van der Waals surface area contributed by atoms with Crippen molar-refractivity contribution in [2.45, 2.75) is 13.8 Å². The molecule has 9 heteroatoms. The van der Waals surface area contributed by atoms with Crippen LogP contribution in [-0.2, 0) is 9.59 Å². The van der Waals surface area contributed by atoms with Gasteiger partial charge in [0.2, 0.25) is 11.8 Å². The van der Waals surface area contributed by atoms with Gasteiger partial charge >= 0.3 is 6.03 Å². The number of benzene rings is 1. The number of carbonyl (C=O) groups is 3. The van der Waals surface area contributed by atoms with Gasteiger partial charge in [0, 0.05) is 55.4 Å². The first-order chi connectivity index (χ1) is 12.3. The van der Waals surface area contributed by atoms with Crippen LogP contribution >= 0.6 is 23.2 Å². The summed E-state index contributed by atoms with van der Waals surface area (Å²) in [5.74, 6) is -0.851. The predicted molar refractivity (Wildman–Crippen MR) is 102 cm³/mol. The third-order valence-corrected chi connectivity index (χ3v) is 4.52. The molecule has 1 aliphatic rings. The number of rotatable bonds is 4. The topological polar surface area (TPSA) is 81.8 Å². The van der Waals surface area contributed by atoms with E-state index >= 15 is 0 Å². The lowest BCUT2D eigenvalue weighted by atomic mass is 10.1. The minimum absolute atomic E-state index is 0.0306. The maximum Gasteiger partial charge on any atom is 0.321 e. The summed E-state index contributed by atoms with van der Waals surface area (Å²) >= 11 is 12.1. The van der Waals surface area contributed by atoms with Crippen molar-refractivity contribution in [2.75, 3.05) is 37.6 Å². The molecule has 0 aromatic heterocycles. The molecule has 1 aromatic carbocycles. The van der Waals surface area contributed by atoms with E-state index in [0.717, 1.165) is 5.69 Å². The molecule has 1 aromatic rings. The van der Waals surface area contributed by atoms with Gasteiger partial charge in [0.15, 0.2) is 0 Å². The number of halogens is 2. The zero-order valence-corrected chi connectivity index (χ0v) is 16.2. The first-order valence-electron chi connectivity index (χ1n) is 8.31. The van der Waals surface area contributed by atoms with Crippen LogP contribution in [0.4, 0.5) is 10.5 Å². The largest absolute Gasteiger partial charge is 0.368 e. The summed E-state index contributed by atoms with van der Waals surface area (Å²) < 4.78 is 0. The van der Waals surface area contributed by atoms with Crippen molar-refractivity contribution in [1.29, 1.82) is 0 Å². The molecule has 7 nitrogen and oxygen atoms in total. The minimum atomic E-state index is -0.597. The molecule has 1 unspecified atom stereocenters. The summed E-state index contributed by atoms with van der Waals surface area (Å²) in [5, 5.41) is 5.79. The molecule has 2 N–H and O–H groups in total. The van der Waals surface area contributed by atoms with E-state index in [1.54, 1.807) is 17.9 Å². The highest BCUT2D eigenvalue weighted by Gasteiger charge is 2.25. The zero-order valence-electron chi connectivity index (χ0n) is 14.7. The SMILES string of the molecule is CC(=O)NC(=O)NCC(C)C(=O)N1CCN(c2cc(Cl)cc(Cl)c2)CC1. The first kappa shape index (κ1) is 20.3. The number of piperazine rings is 1. The van der Waals surface area contributed by atoms with Gasteiger partial charge in [-0.25, -0.2) is 4.79 Å². The molecule has 1 saturated heterocycles. The molecule has 26 heavy (non-hydrogen) atoms. The molecule has 1 heterocycles. The molecule has 0 bridgehead atoms. The maximum atomic E-state index is 12.5. The van der Waals surface area contributed by atoms with E-state index in [0.29, 0.717) is 36.2 Å². The van der Waals surface area contributed by atoms with Crippen molar-refractivity contribution < 1.29 is 14.4 Å². The summed E-state index contributed by atoms with van der Waals surface area (Å²) in [5.41, 5.74) is 0.935. The zero-order chi connectivity index (χ0) is 19.3. The normalized spacial score (nSPS) is 15.4. The highest BCUT2D eigenvalue weighted by Crippen LogP contribution is 2.26. The van der Waals surface area contributed by atoms with Crippen LogP contribution < -0.4 is 15.5 Å². The van der Waals surface area contributed by atoms with E-state index in [9.17, 15) is 14.4 Å². The third kappa shape index (κ3) is 5.78. The van der Waals surface area contributed by atoms with Gasteiger partial charge in [-0.1, -0.05) is 30.1 Å². The molecule has 4 amide bonds. The van der Waals surface area contributed by atoms with Crippen molar-refractivity contribution in [1.82, 2.24) is 15.5 Å². The van der Waals surface area contributed by atoms with Crippen LogP contribution in [0.1, 0.15) is 13.8 Å². The van der Waals surface area contributed by atoms with Gasteiger partial charge < -0.3 is 15.1 Å². The number of anilines is 1. The number of urea groups is 1. The van der Waals surface area contributed by atoms with Crippen LogP contribution in [-0.4, -0.2) is 55.5 Å². The number of carbonyl (C=O) groups excluding carboxylic acids is 3. The van der Waals surface area contributed by atoms with Crippen LogP contribution in [0.25, 0.3) is 0 Å². The van der Waals surface area contributed by atoms with Crippen LogP contribution in [0.5, 0.6) is 0 Å². The quantitative estimate of drug-likeness (QED) is 0.810. The van der Waals surface area contributed by atoms with Gasteiger partial charge in [0.05, 0.1) is 5.92 Å². The Hall–Kier alpha value is -1.99. The van der Waals surface area contributed by atoms with E-state index in [1.807, 2.05) is 12.1 Å². The van der Waals surface area contributed by atoms with E-state index in [2.05, 4.69) is 15.5 Å². The fraction of sp³-hybridized carbons (Fsp3) is 0.471. The molecule has 142 valence electrons. The standard InChI is InChI=1S/C17H22Cl2N4O3/c1-11(10-20-17(26)21-12(2)24)16(25)23-5-3-22(4-6-23)15-8-13(18)7-14(19)9-15/h7-9,11H,3-6,10H2,1-2H3,(H2,20,21,24,26). The Labute approximate surface area is 162 Å². The minimum Gasteiger partial charge on any atom is -0.368 e. The number of hydrogen-bond acceptors (Lipinski definition) is 4. The second kappa shape index (κ2) is 9.09. The second-order valence-electron chi connectivity index (χ2n) is 6.23. The highest BCUT2D eigenvalue weighted by molar-refractivity contribution is 6.35. The van der Waals surface area contributed by atoms with Gasteiger partial charge in [-0.2, -0.15) is 0 Å². The smallest absolute Gasteiger partial charge is 0.321 e. The van der Waals surface area contributed by atoms with Crippen molar-refractivity contribution in [3.8, 4) is 0 Å². The van der Waals surface area contributed by atoms with Crippen LogP contribution in [0.2, 0.25) is 10.0 Å². The van der Waals surface area contributed by atoms with Crippen molar-refractivity contribution in [3.05, 3.63) is 28.2 Å². The lowest BCUT2D eigenvalue weighted by Crippen LogP contribution is -2.51. The van der Waals surface area contributed by atoms with Gasteiger partial charge in [-0.3, -0.25) is 14.9 Å². The second-order valence-corrected chi connectivity index (χ2v) is 7.11. The van der Waals surface area contributed by atoms with Gasteiger partial charge in [0.1, 0.15) is 0 Å². The molecule has 1 aliphatic heterocycles. The molecule has 1 atom stereocenters. The van der Waals surface area contributed by atoms with Crippen molar-refractivity contribution >= 4 is 46.7 Å². The molecule has 0 spiro atoms. The van der Waals surface area contributed by atoms with Crippen molar-refractivity contribution in [3.63, 3.8) is 0 Å². The summed E-state index contributed by atoms with van der Waals surface area (Å²) in [7, 11) is 0. The number of hydrogen-bond donors (Lipinski definition) is 2. The molecule has 0 radical (unpaired) electrons. The Kier molecular flexibility index (Phi) is 7.11. The van der Waals surface area contributed by atoms with Crippen LogP contribution in [0.15, 0.2) is 18.2 Å². The van der Waals surface area contributed by atoms with Crippen molar-refractivity contribution in [2.24, 2.45) is 5.92 Å². The fourth-order valence-corrected chi connectivity index (χ4v) is 3.27. The first-order valence-corrected chi connectivity index (χ1v) is 9.07. The van der Waals surface area contributed by atoms with E-state index < -0.39 is 11.9 Å². The monoisotopic (exact) mass is 400 g/mol. The lowest BCUT2D eigenvalue weighted by molar-refractivity contribution is -0.135. The van der Waals surface area contributed by atoms with Gasteiger partial charge in [-0.05, 0) is 18.2 Å². The number of imide groups is 1. The Bertz CT molecular complexity index is 670. The van der Waals surface area contributed by atoms with Crippen LogP contribution in [0.3, 0.4) is 0 Å². The van der Waals surface area contributed by atoms with Gasteiger partial charge in [-0.15, -0.1) is 0 Å². The Morgan fingerprint density at radius 2 is 1.65 bits per heavy atom. The Balaban J connectivity index is 1.83. The summed E-state index contributed by atoms with van der Waals surface area (Å²) in [4.78, 5) is 38.6. The summed E-state index contributed by atoms with van der Waals surface area (Å²) in [6, 6.07) is 4.79. The number of nitrogens with zero attached hydrogens (tertiary/aromatic N) is 2. The molecule has 1 fully saturated rings. The molecule has 2 rings (SSSR count). The molecule has 0 aliphatic carbocycles. The van der Waals surface area contributed by atoms with Gasteiger partial charge in [0.25, 0.3) is 0 Å². The summed E-state index contributed by atoms with van der Waals surface area (Å²) in [6.45, 7) is 5.67. The molecular weight excluding hydrogens is 379 g/mol. The van der Waals surface area contributed by atoms with Crippen LogP contribution in [0, 0.1) is 5.92 Å². The Morgan fingerprint density at radius 1 is 1.08 bits per heavy atom. The average Bonchev–Trinajstić information content (AvgIpc) is 2.57. The van der Waals surface area contributed by atoms with E-state index in [1.165, 1.54) is 6.92 Å².